The van der Waals surface area contributed by atoms with Gasteiger partial charge in [0.15, 0.2) is 0 Å². The van der Waals surface area contributed by atoms with Crippen molar-refractivity contribution in [2.75, 3.05) is 6.61 Å². The number of ether oxygens (including phenoxy) is 1. The standard InChI is InChI=1S/C21H25NO2S/c1-15(13-16-6-7-18-17(14-16)8-11-24-18)22-20(23)21(9-2-3-10-21)19-5-4-12-25-19/h4-7,12,14-15H,2-3,8-11,13H2,1H3,(H,22,23). The van der Waals surface area contributed by atoms with E-state index in [4.69, 9.17) is 4.74 Å². The third kappa shape index (κ3) is 3.20. The van der Waals surface area contributed by atoms with Gasteiger partial charge in [-0.25, -0.2) is 0 Å². The van der Waals surface area contributed by atoms with E-state index in [1.807, 2.05) is 0 Å². The van der Waals surface area contributed by atoms with Crippen LogP contribution in [0.3, 0.4) is 0 Å². The summed E-state index contributed by atoms with van der Waals surface area (Å²) in [6, 6.07) is 10.7. The zero-order valence-corrected chi connectivity index (χ0v) is 15.5. The molecule has 2 aliphatic rings. The Balaban J connectivity index is 1.45. The Morgan fingerprint density at radius 3 is 2.92 bits per heavy atom. The molecule has 0 radical (unpaired) electrons. The number of fused-ring (bicyclic) bond motifs is 1. The fourth-order valence-corrected chi connectivity index (χ4v) is 5.23. The first-order chi connectivity index (χ1) is 12.2. The van der Waals surface area contributed by atoms with E-state index in [9.17, 15) is 4.79 Å². The van der Waals surface area contributed by atoms with Crippen molar-refractivity contribution in [2.24, 2.45) is 0 Å². The molecule has 1 aliphatic carbocycles. The van der Waals surface area contributed by atoms with E-state index in [1.54, 1.807) is 11.3 Å². The fraction of sp³-hybridized carbons (Fsp3) is 0.476. The summed E-state index contributed by atoms with van der Waals surface area (Å²) < 4.78 is 5.58. The largest absolute Gasteiger partial charge is 0.493 e. The number of thiophene rings is 1. The van der Waals surface area contributed by atoms with Gasteiger partial charge in [-0.1, -0.05) is 31.0 Å². The highest BCUT2D eigenvalue weighted by molar-refractivity contribution is 7.10. The summed E-state index contributed by atoms with van der Waals surface area (Å²) in [5.41, 5.74) is 2.27. The Kier molecular flexibility index (Phi) is 4.55. The lowest BCUT2D eigenvalue weighted by Crippen LogP contribution is -2.46. The molecule has 4 rings (SSSR count). The minimum absolute atomic E-state index is 0.130. The van der Waals surface area contributed by atoms with Crippen molar-refractivity contribution in [2.45, 2.75) is 56.9 Å². The van der Waals surface area contributed by atoms with Crippen molar-refractivity contribution in [3.05, 3.63) is 51.7 Å². The number of benzene rings is 1. The maximum absolute atomic E-state index is 13.1. The van der Waals surface area contributed by atoms with Gasteiger partial charge in [0.2, 0.25) is 5.91 Å². The molecule has 2 heterocycles. The molecule has 132 valence electrons. The predicted octanol–water partition coefficient (Wildman–Crippen LogP) is 4.24. The fourth-order valence-electron chi connectivity index (χ4n) is 4.25. The summed E-state index contributed by atoms with van der Waals surface area (Å²) in [6.07, 6.45) is 6.09. The van der Waals surface area contributed by atoms with Gasteiger partial charge in [0.25, 0.3) is 0 Å². The highest BCUT2D eigenvalue weighted by Crippen LogP contribution is 2.43. The number of amides is 1. The van der Waals surface area contributed by atoms with Crippen LogP contribution in [0.15, 0.2) is 35.7 Å². The van der Waals surface area contributed by atoms with Crippen LogP contribution in [0, 0.1) is 0 Å². The summed E-state index contributed by atoms with van der Waals surface area (Å²) in [7, 11) is 0. The molecule has 1 aromatic heterocycles. The van der Waals surface area contributed by atoms with E-state index in [-0.39, 0.29) is 17.4 Å². The molecule has 0 saturated heterocycles. The van der Waals surface area contributed by atoms with E-state index in [0.717, 1.165) is 50.9 Å². The van der Waals surface area contributed by atoms with Crippen molar-refractivity contribution in [3.8, 4) is 5.75 Å². The third-order valence-electron chi connectivity index (χ3n) is 5.56. The summed E-state index contributed by atoms with van der Waals surface area (Å²) in [6.45, 7) is 2.90. The Bertz CT molecular complexity index is 747. The van der Waals surface area contributed by atoms with Crippen LogP contribution in [0.4, 0.5) is 0 Å². The molecule has 3 nitrogen and oxygen atoms in total. The minimum atomic E-state index is -0.297. The van der Waals surface area contributed by atoms with Crippen molar-refractivity contribution >= 4 is 17.2 Å². The molecule has 1 aromatic carbocycles. The highest BCUT2D eigenvalue weighted by atomic mass is 32.1. The monoisotopic (exact) mass is 355 g/mol. The van der Waals surface area contributed by atoms with E-state index < -0.39 is 0 Å². The first-order valence-corrected chi connectivity index (χ1v) is 10.1. The van der Waals surface area contributed by atoms with Gasteiger partial charge in [-0.05, 0) is 54.8 Å². The van der Waals surface area contributed by atoms with E-state index >= 15 is 0 Å². The Hall–Kier alpha value is -1.81. The molecule has 1 amide bonds. The van der Waals surface area contributed by atoms with Gasteiger partial charge in [-0.3, -0.25) is 4.79 Å². The summed E-state index contributed by atoms with van der Waals surface area (Å²) in [4.78, 5) is 14.4. The van der Waals surface area contributed by atoms with Gasteiger partial charge >= 0.3 is 0 Å². The summed E-state index contributed by atoms with van der Waals surface area (Å²) in [5, 5.41) is 5.39. The Labute approximate surface area is 153 Å². The van der Waals surface area contributed by atoms with Crippen LogP contribution in [0.2, 0.25) is 0 Å². The topological polar surface area (TPSA) is 38.3 Å². The summed E-state index contributed by atoms with van der Waals surface area (Å²) >= 11 is 1.72. The van der Waals surface area contributed by atoms with Gasteiger partial charge in [-0.15, -0.1) is 11.3 Å². The number of carbonyl (C=O) groups is 1. The molecule has 1 aliphatic heterocycles. The first kappa shape index (κ1) is 16.6. The average Bonchev–Trinajstić information content (AvgIpc) is 3.34. The second-order valence-electron chi connectivity index (χ2n) is 7.39. The van der Waals surface area contributed by atoms with Crippen LogP contribution in [-0.2, 0) is 23.1 Å². The Morgan fingerprint density at radius 2 is 2.16 bits per heavy atom. The second kappa shape index (κ2) is 6.83. The van der Waals surface area contributed by atoms with Crippen molar-refractivity contribution in [1.29, 1.82) is 0 Å². The van der Waals surface area contributed by atoms with Crippen LogP contribution < -0.4 is 10.1 Å². The van der Waals surface area contributed by atoms with Gasteiger partial charge < -0.3 is 10.1 Å². The highest BCUT2D eigenvalue weighted by Gasteiger charge is 2.43. The predicted molar refractivity (Wildman–Crippen MR) is 101 cm³/mol. The molecule has 1 atom stereocenters. The molecule has 1 saturated carbocycles. The van der Waals surface area contributed by atoms with Crippen LogP contribution in [0.25, 0.3) is 0 Å². The quantitative estimate of drug-likeness (QED) is 0.871. The second-order valence-corrected chi connectivity index (χ2v) is 8.33. The molecule has 0 bridgehead atoms. The third-order valence-corrected chi connectivity index (χ3v) is 6.63. The van der Waals surface area contributed by atoms with Gasteiger partial charge in [0, 0.05) is 17.3 Å². The Morgan fingerprint density at radius 1 is 1.32 bits per heavy atom. The van der Waals surface area contributed by atoms with Crippen LogP contribution in [0.1, 0.15) is 48.6 Å². The lowest BCUT2D eigenvalue weighted by Gasteiger charge is -2.28. The lowest BCUT2D eigenvalue weighted by molar-refractivity contribution is -0.127. The van der Waals surface area contributed by atoms with Crippen LogP contribution in [-0.4, -0.2) is 18.6 Å². The molecule has 25 heavy (non-hydrogen) atoms. The maximum Gasteiger partial charge on any atom is 0.231 e. The number of hydrogen-bond acceptors (Lipinski definition) is 3. The molecular weight excluding hydrogens is 330 g/mol. The zero-order valence-electron chi connectivity index (χ0n) is 14.7. The average molecular weight is 356 g/mol. The van der Waals surface area contributed by atoms with Crippen LogP contribution >= 0.6 is 11.3 Å². The van der Waals surface area contributed by atoms with E-state index in [0.29, 0.717) is 0 Å². The molecule has 1 N–H and O–H groups in total. The first-order valence-electron chi connectivity index (χ1n) is 9.27. The lowest BCUT2D eigenvalue weighted by atomic mass is 9.83. The number of rotatable bonds is 5. The summed E-state index contributed by atoms with van der Waals surface area (Å²) in [5.74, 6) is 1.23. The normalized spacial score (nSPS) is 19.2. The van der Waals surface area contributed by atoms with Crippen molar-refractivity contribution < 1.29 is 9.53 Å². The number of nitrogens with one attached hydrogen (secondary N) is 1. The molecular formula is C21H25NO2S. The van der Waals surface area contributed by atoms with Crippen molar-refractivity contribution in [3.63, 3.8) is 0 Å². The van der Waals surface area contributed by atoms with Crippen molar-refractivity contribution in [1.82, 2.24) is 5.32 Å². The minimum Gasteiger partial charge on any atom is -0.493 e. The van der Waals surface area contributed by atoms with Gasteiger partial charge in [0.1, 0.15) is 5.75 Å². The SMILES string of the molecule is CC(Cc1ccc2c(c1)CCO2)NC(=O)C1(c2cccs2)CCCC1. The molecule has 1 fully saturated rings. The van der Waals surface area contributed by atoms with Gasteiger partial charge in [-0.2, -0.15) is 0 Å². The van der Waals surface area contributed by atoms with Crippen LogP contribution in [0.5, 0.6) is 5.75 Å². The molecule has 4 heteroatoms. The van der Waals surface area contributed by atoms with E-state index in [1.165, 1.54) is 16.0 Å². The molecule has 0 spiro atoms. The number of hydrogen-bond donors (Lipinski definition) is 1. The van der Waals surface area contributed by atoms with Gasteiger partial charge in [0.05, 0.1) is 12.0 Å². The smallest absolute Gasteiger partial charge is 0.231 e. The zero-order chi connectivity index (χ0) is 17.3. The maximum atomic E-state index is 13.1. The number of carbonyl (C=O) groups excluding carboxylic acids is 1. The molecule has 2 aromatic rings. The molecule has 1 unspecified atom stereocenters. The van der Waals surface area contributed by atoms with E-state index in [2.05, 4.69) is 48.0 Å².